The first-order valence-corrected chi connectivity index (χ1v) is 9.39. The van der Waals surface area contributed by atoms with Crippen LogP contribution in [0.15, 0.2) is 39.6 Å². The molecule has 0 unspecified atom stereocenters. The minimum Gasteiger partial charge on any atom is -0.467 e. The van der Waals surface area contributed by atoms with Crippen LogP contribution in [0.25, 0.3) is 0 Å². The Hall–Kier alpha value is -1.63. The summed E-state index contributed by atoms with van der Waals surface area (Å²) in [5.41, 5.74) is 1.31. The third kappa shape index (κ3) is 3.41. The van der Waals surface area contributed by atoms with Gasteiger partial charge in [0.05, 0.1) is 24.8 Å². The van der Waals surface area contributed by atoms with Crippen LogP contribution < -0.4 is 5.32 Å². The maximum Gasteiger partial charge on any atom is 0.225 e. The van der Waals surface area contributed by atoms with Crippen molar-refractivity contribution in [2.45, 2.75) is 25.6 Å². The topological polar surface area (TPSA) is 54.7 Å². The molecule has 2 aliphatic rings. The Bertz CT molecular complexity index is 656. The third-order valence-corrected chi connectivity index (χ3v) is 5.74. The van der Waals surface area contributed by atoms with Crippen molar-refractivity contribution in [2.75, 3.05) is 19.7 Å². The predicted octanol–water partition coefficient (Wildman–Crippen LogP) is 2.49. The molecular weight excluding hydrogens is 324 g/mol. The molecule has 5 nitrogen and oxygen atoms in total. The van der Waals surface area contributed by atoms with E-state index in [-0.39, 0.29) is 17.9 Å². The minimum atomic E-state index is -0.0140. The van der Waals surface area contributed by atoms with Crippen LogP contribution in [-0.2, 0) is 22.6 Å². The zero-order valence-corrected chi connectivity index (χ0v) is 14.3. The number of piperidine rings is 1. The van der Waals surface area contributed by atoms with Crippen LogP contribution in [0.2, 0.25) is 0 Å². The molecule has 2 aromatic rings. The fourth-order valence-corrected chi connectivity index (χ4v) is 4.48. The lowest BCUT2D eigenvalue weighted by Crippen LogP contribution is -2.52. The summed E-state index contributed by atoms with van der Waals surface area (Å²) in [7, 11) is 0. The smallest absolute Gasteiger partial charge is 0.225 e. The van der Waals surface area contributed by atoms with Crippen molar-refractivity contribution >= 4 is 17.2 Å². The first-order chi connectivity index (χ1) is 11.8. The number of fused-ring (bicyclic) bond motifs is 1. The third-order valence-electron chi connectivity index (χ3n) is 5.01. The van der Waals surface area contributed by atoms with E-state index in [1.165, 1.54) is 5.56 Å². The number of nitrogens with zero attached hydrogens (tertiary/aromatic N) is 1. The molecule has 0 saturated carbocycles. The number of nitrogens with one attached hydrogen (secondary N) is 1. The first kappa shape index (κ1) is 15.9. The van der Waals surface area contributed by atoms with Crippen molar-refractivity contribution in [1.29, 1.82) is 0 Å². The molecule has 3 atom stereocenters. The van der Waals surface area contributed by atoms with E-state index in [2.05, 4.69) is 27.0 Å². The maximum atomic E-state index is 12.8. The van der Waals surface area contributed by atoms with Crippen molar-refractivity contribution in [3.63, 3.8) is 0 Å². The zero-order valence-electron chi connectivity index (χ0n) is 13.5. The van der Waals surface area contributed by atoms with Crippen LogP contribution in [0, 0.1) is 11.8 Å². The fourth-order valence-electron chi connectivity index (χ4n) is 3.82. The summed E-state index contributed by atoms with van der Waals surface area (Å²) < 4.78 is 11.2. The van der Waals surface area contributed by atoms with Crippen LogP contribution in [-0.4, -0.2) is 36.6 Å². The van der Waals surface area contributed by atoms with Crippen molar-refractivity contribution < 1.29 is 13.9 Å². The standard InChI is InChI=1S/C18H22N2O3S/c21-18(19-8-14-2-1-5-22-14)16-10-20(9-13-4-7-24-12-13)11-17-15(16)3-6-23-17/h1-2,4-5,7,12,15-17H,3,6,8-11H2,(H,19,21)/t15-,16+,17+/m0/s1. The van der Waals surface area contributed by atoms with Gasteiger partial charge in [-0.25, -0.2) is 0 Å². The number of likely N-dealkylation sites (tertiary alicyclic amines) is 1. The number of thiophene rings is 1. The molecular formula is C18H22N2O3S. The van der Waals surface area contributed by atoms with Gasteiger partial charge in [-0.15, -0.1) is 0 Å². The molecule has 0 aromatic carbocycles. The van der Waals surface area contributed by atoms with Gasteiger partial charge in [-0.3, -0.25) is 9.69 Å². The van der Waals surface area contributed by atoms with Crippen molar-refractivity contribution in [1.82, 2.24) is 10.2 Å². The molecule has 0 radical (unpaired) electrons. The number of hydrogen-bond donors (Lipinski definition) is 1. The maximum absolute atomic E-state index is 12.8. The van der Waals surface area contributed by atoms with Crippen LogP contribution in [0.1, 0.15) is 17.7 Å². The summed E-state index contributed by atoms with van der Waals surface area (Å²) in [6.07, 6.45) is 2.79. The molecule has 0 aliphatic carbocycles. The number of amides is 1. The highest BCUT2D eigenvalue weighted by Crippen LogP contribution is 2.34. The number of furan rings is 1. The van der Waals surface area contributed by atoms with E-state index in [9.17, 15) is 4.79 Å². The highest BCUT2D eigenvalue weighted by Gasteiger charge is 2.43. The van der Waals surface area contributed by atoms with Gasteiger partial charge in [-0.05, 0) is 40.9 Å². The Morgan fingerprint density at radius 3 is 3.12 bits per heavy atom. The molecule has 0 bridgehead atoms. The number of hydrogen-bond acceptors (Lipinski definition) is 5. The van der Waals surface area contributed by atoms with Gasteiger partial charge in [0, 0.05) is 32.2 Å². The van der Waals surface area contributed by atoms with Gasteiger partial charge in [-0.1, -0.05) is 0 Å². The van der Waals surface area contributed by atoms with Crippen LogP contribution in [0.5, 0.6) is 0 Å². The molecule has 1 amide bonds. The molecule has 4 rings (SSSR count). The first-order valence-electron chi connectivity index (χ1n) is 8.45. The van der Waals surface area contributed by atoms with Gasteiger partial charge in [0.2, 0.25) is 5.91 Å². The van der Waals surface area contributed by atoms with Crippen molar-refractivity contribution in [2.24, 2.45) is 11.8 Å². The van der Waals surface area contributed by atoms with Gasteiger partial charge in [0.15, 0.2) is 0 Å². The zero-order chi connectivity index (χ0) is 16.4. The summed E-state index contributed by atoms with van der Waals surface area (Å²) in [5.74, 6) is 1.22. The minimum absolute atomic E-state index is 0.0140. The normalized spacial score (nSPS) is 27.1. The molecule has 2 saturated heterocycles. The van der Waals surface area contributed by atoms with Gasteiger partial charge in [-0.2, -0.15) is 11.3 Å². The summed E-state index contributed by atoms with van der Waals surface area (Å²) >= 11 is 1.71. The van der Waals surface area contributed by atoms with Crippen molar-refractivity contribution in [3.05, 3.63) is 46.5 Å². The predicted molar refractivity (Wildman–Crippen MR) is 91.5 cm³/mol. The number of rotatable bonds is 5. The van der Waals surface area contributed by atoms with E-state index in [4.69, 9.17) is 9.15 Å². The van der Waals surface area contributed by atoms with Crippen LogP contribution >= 0.6 is 11.3 Å². The Morgan fingerprint density at radius 2 is 2.33 bits per heavy atom. The Morgan fingerprint density at radius 1 is 1.38 bits per heavy atom. The number of carbonyl (C=O) groups is 1. The Labute approximate surface area is 145 Å². The quantitative estimate of drug-likeness (QED) is 0.904. The Balaban J connectivity index is 1.41. The highest BCUT2D eigenvalue weighted by molar-refractivity contribution is 7.07. The fraction of sp³-hybridized carbons (Fsp3) is 0.500. The largest absolute Gasteiger partial charge is 0.467 e. The second-order valence-electron chi connectivity index (χ2n) is 6.59. The Kier molecular flexibility index (Phi) is 4.69. The van der Waals surface area contributed by atoms with Gasteiger partial charge in [0.1, 0.15) is 5.76 Å². The summed E-state index contributed by atoms with van der Waals surface area (Å²) in [4.78, 5) is 15.1. The molecule has 6 heteroatoms. The van der Waals surface area contributed by atoms with E-state index in [1.54, 1.807) is 17.6 Å². The van der Waals surface area contributed by atoms with E-state index in [1.807, 2.05) is 12.1 Å². The molecule has 1 N–H and O–H groups in total. The second-order valence-corrected chi connectivity index (χ2v) is 7.37. The number of ether oxygens (including phenoxy) is 1. The summed E-state index contributed by atoms with van der Waals surface area (Å²) in [5, 5.41) is 7.31. The lowest BCUT2D eigenvalue weighted by atomic mass is 9.82. The van der Waals surface area contributed by atoms with E-state index in [0.29, 0.717) is 12.5 Å². The summed E-state index contributed by atoms with van der Waals surface area (Å²) in [6.45, 7) is 3.82. The van der Waals surface area contributed by atoms with Gasteiger partial charge in [0.25, 0.3) is 0 Å². The van der Waals surface area contributed by atoms with Crippen LogP contribution in [0.4, 0.5) is 0 Å². The monoisotopic (exact) mass is 346 g/mol. The second kappa shape index (κ2) is 7.09. The van der Waals surface area contributed by atoms with Gasteiger partial charge >= 0.3 is 0 Å². The molecule has 2 fully saturated rings. The average Bonchev–Trinajstić information content (AvgIpc) is 3.33. The average molecular weight is 346 g/mol. The molecule has 0 spiro atoms. The summed E-state index contributed by atoms with van der Waals surface area (Å²) in [6, 6.07) is 5.87. The lowest BCUT2D eigenvalue weighted by molar-refractivity contribution is -0.131. The molecule has 4 heterocycles. The lowest BCUT2D eigenvalue weighted by Gasteiger charge is -2.39. The molecule has 128 valence electrons. The van der Waals surface area contributed by atoms with Crippen LogP contribution in [0.3, 0.4) is 0 Å². The van der Waals surface area contributed by atoms with Gasteiger partial charge < -0.3 is 14.5 Å². The van der Waals surface area contributed by atoms with E-state index < -0.39 is 0 Å². The van der Waals surface area contributed by atoms with Crippen molar-refractivity contribution in [3.8, 4) is 0 Å². The highest BCUT2D eigenvalue weighted by atomic mass is 32.1. The number of carbonyl (C=O) groups excluding carboxylic acids is 1. The van der Waals surface area contributed by atoms with E-state index >= 15 is 0 Å². The molecule has 24 heavy (non-hydrogen) atoms. The molecule has 2 aromatic heterocycles. The SMILES string of the molecule is O=C(NCc1ccco1)[C@@H]1CN(Cc2ccsc2)C[C@H]2OCC[C@H]21. The molecule has 2 aliphatic heterocycles. The van der Waals surface area contributed by atoms with E-state index in [0.717, 1.165) is 38.4 Å².